The number of aryl methyl sites for hydroxylation is 2. The molecule has 0 spiro atoms. The highest BCUT2D eigenvalue weighted by molar-refractivity contribution is 7.16. The van der Waals surface area contributed by atoms with Gasteiger partial charge in [-0.05, 0) is 37.1 Å². The van der Waals surface area contributed by atoms with E-state index in [0.29, 0.717) is 10.6 Å². The zero-order chi connectivity index (χ0) is 15.0. The van der Waals surface area contributed by atoms with Gasteiger partial charge in [0.25, 0.3) is 5.91 Å². The first-order valence-electron chi connectivity index (χ1n) is 6.20. The van der Waals surface area contributed by atoms with E-state index < -0.39 is 0 Å². The third kappa shape index (κ3) is 2.53. The summed E-state index contributed by atoms with van der Waals surface area (Å²) >= 11 is 7.51. The van der Waals surface area contributed by atoms with Crippen molar-refractivity contribution in [3.05, 3.63) is 39.2 Å². The van der Waals surface area contributed by atoms with Crippen LogP contribution in [0.1, 0.15) is 20.8 Å². The van der Waals surface area contributed by atoms with Crippen molar-refractivity contribution >= 4 is 33.8 Å². The molecule has 1 heterocycles. The zero-order valence-corrected chi connectivity index (χ0v) is 13.5. The van der Waals surface area contributed by atoms with Crippen LogP contribution in [0.3, 0.4) is 0 Å². The molecule has 0 bridgehead atoms. The number of anilines is 1. The SMILES string of the molecule is Cc1cc(-c2c(C)sc(N)c2C(=O)N(C)C)ccc1Cl. The van der Waals surface area contributed by atoms with Crippen molar-refractivity contribution in [2.45, 2.75) is 13.8 Å². The Bertz CT molecular complexity index is 677. The smallest absolute Gasteiger partial charge is 0.256 e. The predicted octanol–water partition coefficient (Wildman–Crippen LogP) is 3.97. The summed E-state index contributed by atoms with van der Waals surface area (Å²) in [5.74, 6) is -0.0746. The summed E-state index contributed by atoms with van der Waals surface area (Å²) in [5, 5.41) is 1.28. The van der Waals surface area contributed by atoms with Gasteiger partial charge in [0, 0.05) is 29.6 Å². The van der Waals surface area contributed by atoms with E-state index in [1.807, 2.05) is 32.0 Å². The molecule has 1 aromatic carbocycles. The molecule has 2 rings (SSSR count). The molecule has 0 saturated heterocycles. The van der Waals surface area contributed by atoms with Gasteiger partial charge in [0.05, 0.1) is 10.6 Å². The summed E-state index contributed by atoms with van der Waals surface area (Å²) in [5.41, 5.74) is 9.48. The molecule has 0 aliphatic heterocycles. The molecule has 0 saturated carbocycles. The number of hydrogen-bond acceptors (Lipinski definition) is 3. The topological polar surface area (TPSA) is 46.3 Å². The molecular weight excluding hydrogens is 292 g/mol. The first kappa shape index (κ1) is 14.9. The second-order valence-electron chi connectivity index (χ2n) is 4.94. The van der Waals surface area contributed by atoms with Gasteiger partial charge in [0.1, 0.15) is 0 Å². The van der Waals surface area contributed by atoms with Crippen LogP contribution < -0.4 is 5.73 Å². The fourth-order valence-corrected chi connectivity index (χ4v) is 3.21. The Balaban J connectivity index is 2.67. The minimum atomic E-state index is -0.0746. The van der Waals surface area contributed by atoms with Crippen LogP contribution in [0.5, 0.6) is 0 Å². The molecule has 2 N–H and O–H groups in total. The molecule has 0 unspecified atom stereocenters. The number of thiophene rings is 1. The molecule has 0 atom stereocenters. The standard InChI is InChI=1S/C15H17ClN2OS/c1-8-7-10(5-6-11(8)16)12-9(2)20-14(17)13(12)15(19)18(3)4/h5-7H,17H2,1-4H3. The largest absolute Gasteiger partial charge is 0.390 e. The van der Waals surface area contributed by atoms with Gasteiger partial charge in [-0.3, -0.25) is 4.79 Å². The molecule has 0 radical (unpaired) electrons. The van der Waals surface area contributed by atoms with Crippen LogP contribution in [-0.4, -0.2) is 24.9 Å². The van der Waals surface area contributed by atoms with Crippen LogP contribution in [0.2, 0.25) is 5.02 Å². The lowest BCUT2D eigenvalue weighted by Crippen LogP contribution is -2.22. The highest BCUT2D eigenvalue weighted by atomic mass is 35.5. The van der Waals surface area contributed by atoms with Crippen molar-refractivity contribution in [3.8, 4) is 11.1 Å². The summed E-state index contributed by atoms with van der Waals surface area (Å²) in [7, 11) is 3.46. The highest BCUT2D eigenvalue weighted by Gasteiger charge is 2.23. The Hall–Kier alpha value is -1.52. The molecule has 0 aliphatic rings. The maximum absolute atomic E-state index is 12.4. The molecule has 1 amide bonds. The monoisotopic (exact) mass is 308 g/mol. The fraction of sp³-hybridized carbons (Fsp3) is 0.267. The minimum absolute atomic E-state index is 0.0746. The molecule has 2 aromatic rings. The van der Waals surface area contributed by atoms with Crippen LogP contribution in [0.15, 0.2) is 18.2 Å². The molecule has 1 aromatic heterocycles. The first-order valence-corrected chi connectivity index (χ1v) is 7.39. The summed E-state index contributed by atoms with van der Waals surface area (Å²) < 4.78 is 0. The quantitative estimate of drug-likeness (QED) is 0.912. The summed E-state index contributed by atoms with van der Waals surface area (Å²) in [6, 6.07) is 5.77. The molecule has 3 nitrogen and oxygen atoms in total. The van der Waals surface area contributed by atoms with Crippen molar-refractivity contribution in [1.82, 2.24) is 4.90 Å². The Morgan fingerprint density at radius 2 is 1.95 bits per heavy atom. The first-order chi connectivity index (χ1) is 9.32. The number of nitrogens with two attached hydrogens (primary N) is 1. The molecule has 5 heteroatoms. The molecular formula is C15H17ClN2OS. The second kappa shape index (κ2) is 5.46. The van der Waals surface area contributed by atoms with Gasteiger partial charge in [0.2, 0.25) is 0 Å². The van der Waals surface area contributed by atoms with E-state index in [9.17, 15) is 4.79 Å². The van der Waals surface area contributed by atoms with Crippen LogP contribution in [0.25, 0.3) is 11.1 Å². The number of benzene rings is 1. The summed E-state index contributed by atoms with van der Waals surface area (Å²) in [4.78, 5) is 14.9. The van der Waals surface area contributed by atoms with Crippen LogP contribution in [0, 0.1) is 13.8 Å². The average molecular weight is 309 g/mol. The third-order valence-electron chi connectivity index (χ3n) is 3.18. The van der Waals surface area contributed by atoms with Crippen molar-refractivity contribution in [3.63, 3.8) is 0 Å². The van der Waals surface area contributed by atoms with Gasteiger partial charge in [-0.2, -0.15) is 0 Å². The maximum Gasteiger partial charge on any atom is 0.256 e. The Kier molecular flexibility index (Phi) is 4.06. The number of hydrogen-bond donors (Lipinski definition) is 1. The lowest BCUT2D eigenvalue weighted by Gasteiger charge is -2.13. The highest BCUT2D eigenvalue weighted by Crippen LogP contribution is 2.39. The van der Waals surface area contributed by atoms with Gasteiger partial charge >= 0.3 is 0 Å². The molecule has 0 aliphatic carbocycles. The Morgan fingerprint density at radius 1 is 1.30 bits per heavy atom. The summed E-state index contributed by atoms with van der Waals surface area (Å²) in [6.45, 7) is 3.93. The number of rotatable bonds is 2. The lowest BCUT2D eigenvalue weighted by atomic mass is 9.99. The van der Waals surface area contributed by atoms with Crippen molar-refractivity contribution < 1.29 is 4.79 Å². The molecule has 0 fully saturated rings. The average Bonchev–Trinajstić information content (AvgIpc) is 2.66. The van der Waals surface area contributed by atoms with Crippen molar-refractivity contribution in [1.29, 1.82) is 0 Å². The van der Waals surface area contributed by atoms with E-state index in [1.165, 1.54) is 11.3 Å². The van der Waals surface area contributed by atoms with Gasteiger partial charge in [-0.25, -0.2) is 0 Å². The van der Waals surface area contributed by atoms with Crippen molar-refractivity contribution in [2.75, 3.05) is 19.8 Å². The summed E-state index contributed by atoms with van der Waals surface area (Å²) in [6.07, 6.45) is 0. The molecule has 20 heavy (non-hydrogen) atoms. The van der Waals surface area contributed by atoms with Crippen LogP contribution in [-0.2, 0) is 0 Å². The van der Waals surface area contributed by atoms with Crippen molar-refractivity contribution in [2.24, 2.45) is 0 Å². The van der Waals surface area contributed by atoms with Gasteiger partial charge in [0.15, 0.2) is 0 Å². The van der Waals surface area contributed by atoms with E-state index in [0.717, 1.165) is 26.6 Å². The third-order valence-corrected chi connectivity index (χ3v) is 4.54. The van der Waals surface area contributed by atoms with Gasteiger partial charge in [-0.1, -0.05) is 17.7 Å². The van der Waals surface area contributed by atoms with E-state index in [4.69, 9.17) is 17.3 Å². The van der Waals surface area contributed by atoms with Gasteiger partial charge < -0.3 is 10.6 Å². The van der Waals surface area contributed by atoms with E-state index in [-0.39, 0.29) is 5.91 Å². The van der Waals surface area contributed by atoms with Gasteiger partial charge in [-0.15, -0.1) is 11.3 Å². The molecule has 106 valence electrons. The number of nitrogens with zero attached hydrogens (tertiary/aromatic N) is 1. The normalized spacial score (nSPS) is 10.7. The maximum atomic E-state index is 12.4. The number of halogens is 1. The minimum Gasteiger partial charge on any atom is -0.390 e. The van der Waals surface area contributed by atoms with Crippen LogP contribution >= 0.6 is 22.9 Å². The van der Waals surface area contributed by atoms with E-state index >= 15 is 0 Å². The van der Waals surface area contributed by atoms with E-state index in [2.05, 4.69) is 0 Å². The van der Waals surface area contributed by atoms with E-state index in [1.54, 1.807) is 19.0 Å². The number of nitrogen functional groups attached to an aromatic ring is 1. The number of carbonyl (C=O) groups is 1. The Morgan fingerprint density at radius 3 is 2.50 bits per heavy atom. The Labute approximate surface area is 128 Å². The fourth-order valence-electron chi connectivity index (χ4n) is 2.15. The second-order valence-corrected chi connectivity index (χ2v) is 6.60. The predicted molar refractivity (Wildman–Crippen MR) is 86.7 cm³/mol. The number of amides is 1. The number of carbonyl (C=O) groups excluding carboxylic acids is 1. The zero-order valence-electron chi connectivity index (χ0n) is 12.0. The van der Waals surface area contributed by atoms with Crippen LogP contribution in [0.4, 0.5) is 5.00 Å². The lowest BCUT2D eigenvalue weighted by molar-refractivity contribution is 0.0829.